The van der Waals surface area contributed by atoms with Gasteiger partial charge in [-0.15, -0.1) is 0 Å². The normalized spacial score (nSPS) is 24.7. The summed E-state index contributed by atoms with van der Waals surface area (Å²) in [5.74, 6) is 0. The number of nitrogens with two attached hydrogens (primary N) is 1. The Morgan fingerprint density at radius 1 is 1.26 bits per heavy atom. The molecule has 1 atom stereocenters. The first-order valence-corrected chi connectivity index (χ1v) is 9.82. The molecule has 6 nitrogen and oxygen atoms in total. The number of sulfonamides is 1. The van der Waals surface area contributed by atoms with Crippen LogP contribution in [0.2, 0.25) is 0 Å². The maximum atomic E-state index is 12.9. The highest BCUT2D eigenvalue weighted by molar-refractivity contribution is 7.89. The Morgan fingerprint density at radius 2 is 2.00 bits per heavy atom. The van der Waals surface area contributed by atoms with Crippen LogP contribution in [-0.4, -0.2) is 42.7 Å². The third kappa shape index (κ3) is 3.67. The molecule has 1 saturated heterocycles. The Balaban J connectivity index is 1.77. The molecule has 0 spiro atoms. The van der Waals surface area contributed by atoms with Crippen molar-refractivity contribution in [3.05, 3.63) is 23.5 Å². The molecule has 0 bridgehead atoms. The molecule has 1 aliphatic heterocycles. The summed E-state index contributed by atoms with van der Waals surface area (Å²) in [5.41, 5.74) is 8.03. The molecule has 128 valence electrons. The number of hydrogen-bond acceptors (Lipinski definition) is 5. The lowest BCUT2D eigenvalue weighted by Gasteiger charge is -2.35. The van der Waals surface area contributed by atoms with Crippen LogP contribution in [0, 0.1) is 6.92 Å². The molecular weight excluding hydrogens is 314 g/mol. The number of pyridine rings is 1. The first-order chi connectivity index (χ1) is 11.0. The van der Waals surface area contributed by atoms with Crippen molar-refractivity contribution in [2.24, 2.45) is 0 Å². The zero-order valence-electron chi connectivity index (χ0n) is 13.6. The van der Waals surface area contributed by atoms with E-state index in [1.165, 1.54) is 0 Å². The minimum Gasteiger partial charge on any atom is -0.399 e. The Labute approximate surface area is 138 Å². The fraction of sp³-hybridized carbons (Fsp3) is 0.688. The molecule has 1 saturated carbocycles. The minimum atomic E-state index is -3.25. The van der Waals surface area contributed by atoms with Gasteiger partial charge in [0.25, 0.3) is 0 Å². The number of hydrogen-bond donors (Lipinski definition) is 1. The molecule has 23 heavy (non-hydrogen) atoms. The molecule has 3 rings (SSSR count). The van der Waals surface area contributed by atoms with Crippen molar-refractivity contribution in [3.8, 4) is 0 Å². The summed E-state index contributed by atoms with van der Waals surface area (Å²) < 4.78 is 33.1. The second-order valence-corrected chi connectivity index (χ2v) is 8.70. The Hall–Kier alpha value is -1.18. The van der Waals surface area contributed by atoms with Crippen molar-refractivity contribution in [3.63, 3.8) is 0 Å². The smallest absolute Gasteiger partial charge is 0.217 e. The number of morpholine rings is 1. The number of rotatable bonds is 3. The highest BCUT2D eigenvalue weighted by atomic mass is 32.2. The number of aryl methyl sites for hydroxylation is 1. The van der Waals surface area contributed by atoms with Crippen LogP contribution in [0.15, 0.2) is 12.1 Å². The van der Waals surface area contributed by atoms with Crippen LogP contribution >= 0.6 is 0 Å². The molecule has 0 amide bonds. The molecule has 0 unspecified atom stereocenters. The Bertz CT molecular complexity index is 636. The van der Waals surface area contributed by atoms with Gasteiger partial charge in [0, 0.05) is 24.5 Å². The summed E-state index contributed by atoms with van der Waals surface area (Å²) in [6.45, 7) is 3.02. The fourth-order valence-corrected chi connectivity index (χ4v) is 5.52. The van der Waals surface area contributed by atoms with Gasteiger partial charge in [-0.3, -0.25) is 4.98 Å². The van der Waals surface area contributed by atoms with Crippen molar-refractivity contribution < 1.29 is 13.2 Å². The molecule has 2 aliphatic rings. The fourth-order valence-electron chi connectivity index (χ4n) is 3.50. The number of anilines is 1. The highest BCUT2D eigenvalue weighted by Gasteiger charge is 2.36. The van der Waals surface area contributed by atoms with Crippen LogP contribution < -0.4 is 5.73 Å². The third-order valence-electron chi connectivity index (χ3n) is 4.69. The molecule has 2 N–H and O–H groups in total. The standard InChI is InChI=1S/C16H25N3O3S/c1-12-9-13(17)10-15(18-12)16-11-19(7-8-22-16)23(20,21)14-5-3-2-4-6-14/h9-10,14,16H,2-8,11H2,1H3,(H2,17,18)/t16-/m0/s1. The van der Waals surface area contributed by atoms with E-state index < -0.39 is 10.0 Å². The predicted molar refractivity (Wildman–Crippen MR) is 89.4 cm³/mol. The van der Waals surface area contributed by atoms with Gasteiger partial charge in [-0.1, -0.05) is 19.3 Å². The maximum Gasteiger partial charge on any atom is 0.217 e. The van der Waals surface area contributed by atoms with Crippen LogP contribution in [-0.2, 0) is 14.8 Å². The monoisotopic (exact) mass is 339 g/mol. The summed E-state index contributed by atoms with van der Waals surface area (Å²) in [4.78, 5) is 4.46. The van der Waals surface area contributed by atoms with E-state index in [1.54, 1.807) is 16.4 Å². The molecule has 1 aromatic rings. The predicted octanol–water partition coefficient (Wildman–Crippen LogP) is 2.01. The molecule has 2 fully saturated rings. The second kappa shape index (κ2) is 6.75. The van der Waals surface area contributed by atoms with Gasteiger partial charge < -0.3 is 10.5 Å². The third-order valence-corrected chi connectivity index (χ3v) is 7.05. The van der Waals surface area contributed by atoms with E-state index in [0.717, 1.165) is 37.8 Å². The van der Waals surface area contributed by atoms with Crippen molar-refractivity contribution in [2.75, 3.05) is 25.4 Å². The molecule has 1 aliphatic carbocycles. The second-order valence-electron chi connectivity index (χ2n) is 6.49. The average Bonchev–Trinajstić information content (AvgIpc) is 2.55. The van der Waals surface area contributed by atoms with Gasteiger partial charge in [-0.05, 0) is 31.9 Å². The van der Waals surface area contributed by atoms with E-state index in [1.807, 2.05) is 6.92 Å². The van der Waals surface area contributed by atoms with Gasteiger partial charge in [0.2, 0.25) is 10.0 Å². The summed E-state index contributed by atoms with van der Waals surface area (Å²) in [7, 11) is -3.25. The van der Waals surface area contributed by atoms with E-state index in [2.05, 4.69) is 4.98 Å². The molecular formula is C16H25N3O3S. The summed E-state index contributed by atoms with van der Waals surface area (Å²) >= 11 is 0. The summed E-state index contributed by atoms with van der Waals surface area (Å²) in [6, 6.07) is 3.57. The largest absolute Gasteiger partial charge is 0.399 e. The van der Waals surface area contributed by atoms with Crippen molar-refractivity contribution in [1.29, 1.82) is 0 Å². The molecule has 7 heteroatoms. The van der Waals surface area contributed by atoms with Gasteiger partial charge in [-0.2, -0.15) is 4.31 Å². The Kier molecular flexibility index (Phi) is 4.89. The van der Waals surface area contributed by atoms with Crippen LogP contribution in [0.3, 0.4) is 0 Å². The van der Waals surface area contributed by atoms with Crippen LogP contribution in [0.5, 0.6) is 0 Å². The van der Waals surface area contributed by atoms with Gasteiger partial charge >= 0.3 is 0 Å². The van der Waals surface area contributed by atoms with Gasteiger partial charge in [0.15, 0.2) is 0 Å². The minimum absolute atomic E-state index is 0.231. The lowest BCUT2D eigenvalue weighted by Crippen LogP contribution is -2.46. The summed E-state index contributed by atoms with van der Waals surface area (Å²) in [6.07, 6.45) is 4.37. The molecule has 0 aromatic carbocycles. The first kappa shape index (κ1) is 16.7. The average molecular weight is 339 g/mol. The van der Waals surface area contributed by atoms with Crippen molar-refractivity contribution in [1.82, 2.24) is 9.29 Å². The zero-order valence-corrected chi connectivity index (χ0v) is 14.4. The lowest BCUT2D eigenvalue weighted by atomic mass is 10.0. The van der Waals surface area contributed by atoms with Gasteiger partial charge in [0.05, 0.1) is 17.6 Å². The van der Waals surface area contributed by atoms with E-state index >= 15 is 0 Å². The van der Waals surface area contributed by atoms with Crippen LogP contribution in [0.1, 0.15) is 49.6 Å². The van der Waals surface area contributed by atoms with Gasteiger partial charge in [0.1, 0.15) is 6.10 Å². The zero-order chi connectivity index (χ0) is 16.4. The Morgan fingerprint density at radius 3 is 2.70 bits per heavy atom. The van der Waals surface area contributed by atoms with Crippen molar-refractivity contribution >= 4 is 15.7 Å². The SMILES string of the molecule is Cc1cc(N)cc([C@@H]2CN(S(=O)(=O)C3CCCCC3)CCO2)n1. The highest BCUT2D eigenvalue weighted by Crippen LogP contribution is 2.30. The first-order valence-electron chi connectivity index (χ1n) is 8.31. The maximum absolute atomic E-state index is 12.9. The van der Waals surface area contributed by atoms with Crippen LogP contribution in [0.25, 0.3) is 0 Å². The van der Waals surface area contributed by atoms with Crippen LogP contribution in [0.4, 0.5) is 5.69 Å². The lowest BCUT2D eigenvalue weighted by molar-refractivity contribution is -0.00535. The van der Waals surface area contributed by atoms with E-state index in [0.29, 0.717) is 31.1 Å². The number of nitrogen functional groups attached to an aromatic ring is 1. The molecule has 0 radical (unpaired) electrons. The quantitative estimate of drug-likeness (QED) is 0.910. The van der Waals surface area contributed by atoms with E-state index in [4.69, 9.17) is 10.5 Å². The topological polar surface area (TPSA) is 85.5 Å². The van der Waals surface area contributed by atoms with E-state index in [-0.39, 0.29) is 11.4 Å². The number of aromatic nitrogens is 1. The number of nitrogens with zero attached hydrogens (tertiary/aromatic N) is 2. The van der Waals surface area contributed by atoms with Crippen molar-refractivity contribution in [2.45, 2.75) is 50.4 Å². The summed E-state index contributed by atoms with van der Waals surface area (Å²) in [5, 5.41) is -0.231. The van der Waals surface area contributed by atoms with E-state index in [9.17, 15) is 8.42 Å². The molecule has 2 heterocycles. The molecule has 1 aromatic heterocycles. The van der Waals surface area contributed by atoms with Gasteiger partial charge in [-0.25, -0.2) is 8.42 Å². The number of ether oxygens (including phenoxy) is 1.